The zero-order valence-electron chi connectivity index (χ0n) is 8.43. The molecule has 0 atom stereocenters. The maximum atomic E-state index is 11.2. The average Bonchev–Trinajstić information content (AvgIpc) is 2.18. The van der Waals surface area contributed by atoms with Crippen LogP contribution in [0.4, 0.5) is 0 Å². The molecular weight excluding hydrogens is 235 g/mol. The maximum absolute atomic E-state index is 11.2. The summed E-state index contributed by atoms with van der Waals surface area (Å²) in [7, 11) is 0. The fraction of sp³-hybridized carbons (Fsp3) is 0.182. The largest absolute Gasteiger partial charge is 0.422 e. The lowest BCUT2D eigenvalue weighted by atomic mass is 10.2. The minimum Gasteiger partial charge on any atom is -0.422 e. The summed E-state index contributed by atoms with van der Waals surface area (Å²) in [6.07, 6.45) is 0. The number of ether oxygens (including phenoxy) is 1. The molecule has 0 amide bonds. The molecule has 0 saturated carbocycles. The second-order valence-electron chi connectivity index (χ2n) is 3.15. The Morgan fingerprint density at radius 1 is 1.40 bits per heavy atom. The molecule has 0 aromatic heterocycles. The van der Waals surface area contributed by atoms with Gasteiger partial charge in [-0.05, 0) is 31.5 Å². The number of rotatable bonds is 2. The highest BCUT2D eigenvalue weighted by Crippen LogP contribution is 2.32. The van der Waals surface area contributed by atoms with Crippen LogP contribution in [-0.2, 0) is 4.79 Å². The zero-order valence-corrected chi connectivity index (χ0v) is 9.95. The Morgan fingerprint density at radius 3 is 2.53 bits per heavy atom. The molecule has 0 spiro atoms. The summed E-state index contributed by atoms with van der Waals surface area (Å²) in [5.74, 6) is -0.204. The predicted octanol–water partition coefficient (Wildman–Crippen LogP) is 3.78. The Balaban J connectivity index is 3.02. The number of hydrogen-bond acceptors (Lipinski definition) is 2. The summed E-state index contributed by atoms with van der Waals surface area (Å²) in [5, 5.41) is 0.882. The van der Waals surface area contributed by atoms with Crippen LogP contribution in [0.3, 0.4) is 0 Å². The number of benzene rings is 1. The van der Waals surface area contributed by atoms with Crippen molar-refractivity contribution in [3.8, 4) is 5.75 Å². The van der Waals surface area contributed by atoms with Crippen LogP contribution in [0.15, 0.2) is 24.3 Å². The van der Waals surface area contributed by atoms with Crippen LogP contribution in [0.2, 0.25) is 10.0 Å². The third-order valence-corrected chi connectivity index (χ3v) is 2.72. The average molecular weight is 245 g/mol. The van der Waals surface area contributed by atoms with Crippen molar-refractivity contribution in [2.75, 3.05) is 0 Å². The molecule has 1 rings (SSSR count). The lowest BCUT2D eigenvalue weighted by Gasteiger charge is -2.08. The van der Waals surface area contributed by atoms with Gasteiger partial charge in [-0.1, -0.05) is 29.8 Å². The number of hydrogen-bond donors (Lipinski definition) is 0. The van der Waals surface area contributed by atoms with Crippen molar-refractivity contribution in [1.29, 1.82) is 0 Å². The fourth-order valence-corrected chi connectivity index (χ4v) is 1.31. The van der Waals surface area contributed by atoms with E-state index in [1.807, 2.05) is 0 Å². The third-order valence-electron chi connectivity index (χ3n) is 1.84. The minimum absolute atomic E-state index is 0.298. The standard InChI is InChI=1S/C11H10Cl2O2/c1-6(2)11(14)15-9-5-4-8(12)7(3)10(9)13/h4-5H,1H2,2-3H3. The van der Waals surface area contributed by atoms with E-state index < -0.39 is 5.97 Å². The number of halogens is 2. The number of carbonyl (C=O) groups excluding carboxylic acids is 1. The molecule has 0 radical (unpaired) electrons. The molecule has 2 nitrogen and oxygen atoms in total. The van der Waals surface area contributed by atoms with E-state index in [-0.39, 0.29) is 0 Å². The molecule has 0 aliphatic heterocycles. The molecule has 0 N–H and O–H groups in total. The van der Waals surface area contributed by atoms with Gasteiger partial charge >= 0.3 is 5.97 Å². The first kappa shape index (κ1) is 12.1. The first-order valence-corrected chi connectivity index (χ1v) is 5.01. The molecule has 0 heterocycles. The SMILES string of the molecule is C=C(C)C(=O)Oc1ccc(Cl)c(C)c1Cl. The van der Waals surface area contributed by atoms with Gasteiger partial charge in [-0.25, -0.2) is 4.79 Å². The van der Waals surface area contributed by atoms with Crippen molar-refractivity contribution in [2.45, 2.75) is 13.8 Å². The molecule has 15 heavy (non-hydrogen) atoms. The lowest BCUT2D eigenvalue weighted by Crippen LogP contribution is -2.08. The molecule has 4 heteroatoms. The molecule has 0 unspecified atom stereocenters. The van der Waals surface area contributed by atoms with E-state index >= 15 is 0 Å². The summed E-state index contributed by atoms with van der Waals surface area (Å²) in [5.41, 5.74) is 1.00. The van der Waals surface area contributed by atoms with Crippen molar-refractivity contribution in [3.05, 3.63) is 39.9 Å². The van der Waals surface area contributed by atoms with E-state index in [1.54, 1.807) is 26.0 Å². The molecule has 1 aromatic rings. The van der Waals surface area contributed by atoms with Gasteiger partial charge in [0, 0.05) is 10.6 Å². The number of esters is 1. The van der Waals surface area contributed by atoms with Crippen molar-refractivity contribution < 1.29 is 9.53 Å². The van der Waals surface area contributed by atoms with Crippen molar-refractivity contribution in [2.24, 2.45) is 0 Å². The Kier molecular flexibility index (Phi) is 3.77. The molecule has 0 fully saturated rings. The van der Waals surface area contributed by atoms with Gasteiger partial charge in [0.1, 0.15) is 5.75 Å². The second kappa shape index (κ2) is 4.69. The van der Waals surface area contributed by atoms with Crippen molar-refractivity contribution in [1.82, 2.24) is 0 Å². The fourth-order valence-electron chi connectivity index (χ4n) is 0.902. The summed E-state index contributed by atoms with van der Waals surface area (Å²) >= 11 is 11.8. The quantitative estimate of drug-likeness (QED) is 0.450. The third kappa shape index (κ3) is 2.74. The smallest absolute Gasteiger partial charge is 0.338 e. The van der Waals surface area contributed by atoms with Gasteiger partial charge in [0.15, 0.2) is 0 Å². The monoisotopic (exact) mass is 244 g/mol. The van der Waals surface area contributed by atoms with Gasteiger partial charge in [-0.2, -0.15) is 0 Å². The summed E-state index contributed by atoms with van der Waals surface area (Å²) < 4.78 is 5.01. The Morgan fingerprint density at radius 2 is 2.00 bits per heavy atom. The Bertz CT molecular complexity index is 425. The van der Waals surface area contributed by atoms with Crippen LogP contribution in [0, 0.1) is 6.92 Å². The van der Waals surface area contributed by atoms with Crippen LogP contribution < -0.4 is 4.74 Å². The van der Waals surface area contributed by atoms with E-state index in [1.165, 1.54) is 0 Å². The highest BCUT2D eigenvalue weighted by Gasteiger charge is 2.12. The van der Waals surface area contributed by atoms with Gasteiger partial charge in [0.25, 0.3) is 0 Å². The lowest BCUT2D eigenvalue weighted by molar-refractivity contribution is -0.130. The van der Waals surface area contributed by atoms with Gasteiger partial charge in [0.2, 0.25) is 0 Å². The zero-order chi connectivity index (χ0) is 11.6. The summed E-state index contributed by atoms with van der Waals surface area (Å²) in [6, 6.07) is 3.18. The van der Waals surface area contributed by atoms with Gasteiger partial charge in [-0.15, -0.1) is 0 Å². The summed E-state index contributed by atoms with van der Waals surface area (Å²) in [6.45, 7) is 6.80. The van der Waals surface area contributed by atoms with Crippen LogP contribution >= 0.6 is 23.2 Å². The molecule has 80 valence electrons. The molecule has 0 aliphatic carbocycles. The van der Waals surface area contributed by atoms with Crippen molar-refractivity contribution >= 4 is 29.2 Å². The predicted molar refractivity (Wildman–Crippen MR) is 61.6 cm³/mol. The van der Waals surface area contributed by atoms with Crippen LogP contribution in [0.1, 0.15) is 12.5 Å². The topological polar surface area (TPSA) is 26.3 Å². The second-order valence-corrected chi connectivity index (χ2v) is 3.94. The van der Waals surface area contributed by atoms with E-state index in [2.05, 4.69) is 6.58 Å². The van der Waals surface area contributed by atoms with E-state index in [0.29, 0.717) is 26.9 Å². The molecule has 0 bridgehead atoms. The van der Waals surface area contributed by atoms with Crippen molar-refractivity contribution in [3.63, 3.8) is 0 Å². The molecular formula is C11H10Cl2O2. The molecule has 0 saturated heterocycles. The highest BCUT2D eigenvalue weighted by atomic mass is 35.5. The Labute approximate surface area is 98.4 Å². The van der Waals surface area contributed by atoms with Gasteiger partial charge in [0.05, 0.1) is 5.02 Å². The Hall–Kier alpha value is -0.990. The summed E-state index contributed by atoms with van der Waals surface area (Å²) in [4.78, 5) is 11.2. The van der Waals surface area contributed by atoms with Crippen LogP contribution in [0.5, 0.6) is 5.75 Å². The van der Waals surface area contributed by atoms with Gasteiger partial charge < -0.3 is 4.74 Å². The maximum Gasteiger partial charge on any atom is 0.338 e. The first-order valence-electron chi connectivity index (χ1n) is 4.25. The van der Waals surface area contributed by atoms with Gasteiger partial charge in [-0.3, -0.25) is 0 Å². The normalized spacial score (nSPS) is 9.87. The van der Waals surface area contributed by atoms with E-state index in [0.717, 1.165) is 0 Å². The molecule has 0 aliphatic rings. The molecule has 1 aromatic carbocycles. The number of carbonyl (C=O) groups is 1. The van der Waals surface area contributed by atoms with E-state index in [4.69, 9.17) is 27.9 Å². The first-order chi connectivity index (χ1) is 6.93. The van der Waals surface area contributed by atoms with Crippen LogP contribution in [0.25, 0.3) is 0 Å². The minimum atomic E-state index is -0.501. The highest BCUT2D eigenvalue weighted by molar-refractivity contribution is 6.37. The van der Waals surface area contributed by atoms with E-state index in [9.17, 15) is 4.79 Å². The van der Waals surface area contributed by atoms with Crippen LogP contribution in [-0.4, -0.2) is 5.97 Å².